The zero-order valence-electron chi connectivity index (χ0n) is 31.4. The fourth-order valence-electron chi connectivity index (χ4n) is 6.64. The number of hydrogen-bond acceptors (Lipinski definition) is 10. The van der Waals surface area contributed by atoms with Crippen molar-refractivity contribution in [2.24, 2.45) is 0 Å². The number of rotatable bonds is 8. The first kappa shape index (κ1) is 44.4. The number of hydrogen-bond donors (Lipinski definition) is 6. The summed E-state index contributed by atoms with van der Waals surface area (Å²) < 4.78 is 86.9. The average molecular weight is 882 g/mol. The lowest BCUT2D eigenvalue weighted by molar-refractivity contribution is 0.0634. The smallest absolute Gasteiger partial charge is 0.323 e. The monoisotopic (exact) mass is 881 g/mol. The van der Waals surface area contributed by atoms with Crippen molar-refractivity contribution in [2.45, 2.75) is 49.2 Å². The van der Waals surface area contributed by atoms with Crippen molar-refractivity contribution in [3.8, 4) is 0 Å². The fraction of sp³-hybridized carbons (Fsp3) is 0.359. The van der Waals surface area contributed by atoms with Crippen LogP contribution in [0.25, 0.3) is 10.2 Å². The van der Waals surface area contributed by atoms with Crippen LogP contribution in [0.2, 0.25) is 5.02 Å². The quantitative estimate of drug-likeness (QED) is 0.0892. The van der Waals surface area contributed by atoms with Crippen molar-refractivity contribution in [2.75, 3.05) is 50.0 Å². The number of carbonyl (C=O) groups excluding carboxylic acids is 2. The second kappa shape index (κ2) is 18.7. The second-order valence-corrected chi connectivity index (χ2v) is 15.6. The molecule has 6 N–H and O–H groups in total. The first-order chi connectivity index (χ1) is 28.5. The number of carbonyl (C=O) groups is 2. The molecule has 0 bridgehead atoms. The predicted octanol–water partition coefficient (Wildman–Crippen LogP) is 7.02. The predicted molar refractivity (Wildman–Crippen MR) is 209 cm³/mol. The van der Waals surface area contributed by atoms with Crippen molar-refractivity contribution in [1.29, 1.82) is 0 Å². The number of fused-ring (bicyclic) bond motifs is 1. The van der Waals surface area contributed by atoms with E-state index in [4.69, 9.17) is 21.8 Å². The summed E-state index contributed by atoms with van der Waals surface area (Å²) >= 11 is 6.73. The van der Waals surface area contributed by atoms with E-state index in [1.54, 1.807) is 0 Å². The lowest BCUT2D eigenvalue weighted by Crippen LogP contribution is -2.45. The lowest BCUT2D eigenvalue weighted by Gasteiger charge is -2.36. The molecule has 2 aromatic carbocycles. The normalized spacial score (nSPS) is 17.1. The number of pyridine rings is 2. The Kier molecular flexibility index (Phi) is 13.8. The minimum atomic E-state index is -2.07. The van der Waals surface area contributed by atoms with Gasteiger partial charge in [0, 0.05) is 81.1 Å². The van der Waals surface area contributed by atoms with E-state index in [9.17, 15) is 37.4 Å². The molecule has 13 nitrogen and oxygen atoms in total. The fourth-order valence-corrected chi connectivity index (χ4v) is 7.64. The van der Waals surface area contributed by atoms with Crippen LogP contribution in [0.4, 0.5) is 46.8 Å². The first-order valence-electron chi connectivity index (χ1n) is 18.4. The van der Waals surface area contributed by atoms with Crippen molar-refractivity contribution < 1.29 is 56.4 Å². The number of halogens is 7. The molecule has 0 radical (unpaired) electrons. The largest absolute Gasteiger partial charge is 0.393 e. The van der Waals surface area contributed by atoms with Crippen molar-refractivity contribution >= 4 is 56.0 Å². The van der Waals surface area contributed by atoms with Crippen LogP contribution in [0.1, 0.15) is 60.4 Å². The molecular formula is C39H38ClF6N7O6S. The highest BCUT2D eigenvalue weighted by Gasteiger charge is 2.42. The summed E-state index contributed by atoms with van der Waals surface area (Å²) in [6, 6.07) is 8.83. The van der Waals surface area contributed by atoms with E-state index in [1.807, 2.05) is 0 Å². The van der Waals surface area contributed by atoms with E-state index in [0.29, 0.717) is 15.3 Å². The van der Waals surface area contributed by atoms with E-state index >= 15 is 8.78 Å². The van der Waals surface area contributed by atoms with Gasteiger partial charge in [-0.05, 0) is 48.5 Å². The van der Waals surface area contributed by atoms with E-state index < -0.39 is 77.8 Å². The topological polar surface area (TPSA) is 184 Å². The molecule has 5 heterocycles. The Morgan fingerprint density at radius 1 is 0.733 bits per heavy atom. The Morgan fingerprint density at radius 2 is 1.23 bits per heavy atom. The molecule has 2 aliphatic rings. The van der Waals surface area contributed by atoms with Gasteiger partial charge in [-0.1, -0.05) is 22.9 Å². The summed E-state index contributed by atoms with van der Waals surface area (Å²) in [5, 5.41) is 42.3. The molecule has 7 rings (SSSR count). The minimum Gasteiger partial charge on any atom is -0.393 e. The number of alkyl halides is 2. The molecule has 0 saturated carbocycles. The van der Waals surface area contributed by atoms with Crippen LogP contribution in [0, 0.1) is 23.3 Å². The average Bonchev–Trinajstić information content (AvgIpc) is 3.63. The van der Waals surface area contributed by atoms with Crippen molar-refractivity contribution in [3.05, 3.63) is 112 Å². The molecule has 3 aromatic heterocycles. The van der Waals surface area contributed by atoms with Crippen LogP contribution >= 0.6 is 22.9 Å². The molecule has 2 atom stereocenters. The van der Waals surface area contributed by atoms with E-state index in [1.165, 1.54) is 40.1 Å². The number of aromatic nitrogens is 3. The Balaban J connectivity index is 0.000000202. The van der Waals surface area contributed by atoms with Crippen LogP contribution in [0.5, 0.6) is 0 Å². The maximum atomic E-state index is 15.4. The third kappa shape index (κ3) is 10.1. The third-order valence-corrected chi connectivity index (χ3v) is 11.4. The summed E-state index contributed by atoms with van der Waals surface area (Å²) in [6.07, 6.45) is -1.01. The number of nitrogens with one attached hydrogen (secondary N) is 2. The molecular weight excluding hydrogens is 844 g/mol. The second-order valence-electron chi connectivity index (χ2n) is 14.1. The molecule has 0 spiro atoms. The van der Waals surface area contributed by atoms with E-state index in [0.717, 1.165) is 41.9 Å². The van der Waals surface area contributed by atoms with Gasteiger partial charge in [0.2, 0.25) is 0 Å². The Hall–Kier alpha value is -5.12. The molecule has 320 valence electrons. The molecule has 2 aliphatic heterocycles. The molecule has 0 aliphatic carbocycles. The summed E-state index contributed by atoms with van der Waals surface area (Å²) in [7, 11) is 0. The van der Waals surface area contributed by atoms with Gasteiger partial charge in [-0.25, -0.2) is 40.9 Å². The van der Waals surface area contributed by atoms with Crippen LogP contribution in [0.15, 0.2) is 60.9 Å². The maximum Gasteiger partial charge on any atom is 0.323 e. The highest BCUT2D eigenvalue weighted by Crippen LogP contribution is 2.39. The number of aliphatic hydroxyl groups excluding tert-OH is 4. The number of amides is 4. The molecule has 5 aromatic rings. The number of aliphatic hydroxyl groups is 4. The number of likely N-dealkylation sites (tertiary alicyclic amines) is 2. The van der Waals surface area contributed by atoms with Crippen molar-refractivity contribution in [1.82, 2.24) is 24.8 Å². The molecule has 4 amide bonds. The van der Waals surface area contributed by atoms with Crippen LogP contribution in [-0.2, 0) is 11.3 Å². The van der Waals surface area contributed by atoms with Crippen molar-refractivity contribution in [3.63, 3.8) is 0 Å². The summed E-state index contributed by atoms with van der Waals surface area (Å²) in [5.74, 6) is -2.91. The number of benzene rings is 2. The van der Waals surface area contributed by atoms with Gasteiger partial charge in [0.05, 0.1) is 28.5 Å². The lowest BCUT2D eigenvalue weighted by atomic mass is 9.89. The van der Waals surface area contributed by atoms with Crippen LogP contribution in [0.3, 0.4) is 0 Å². The number of anilines is 2. The maximum absolute atomic E-state index is 15.4. The third-order valence-electron chi connectivity index (χ3n) is 10.1. The summed E-state index contributed by atoms with van der Waals surface area (Å²) in [4.78, 5) is 39.4. The van der Waals surface area contributed by atoms with Gasteiger partial charge in [0.15, 0.2) is 16.5 Å². The molecule has 21 heteroatoms. The summed E-state index contributed by atoms with van der Waals surface area (Å²) in [5.41, 5.74) is -4.04. The Bertz CT molecular complexity index is 2350. The SMILES string of the molecule is O=C(Nc1ccc(Cl)c(F)c1)N1CCC(F)(c2ncc([C@H](O)CO)cc2F)CC1.O=C(Nc1nc2ccc(F)cc2s1)N1CCC(F)(c2ncc([C@H](O)CO)cc2F)CC1. The first-order valence-corrected chi connectivity index (χ1v) is 19.6. The van der Waals surface area contributed by atoms with Gasteiger partial charge >= 0.3 is 12.1 Å². The number of thiazole rings is 1. The zero-order chi connectivity index (χ0) is 43.4. The molecule has 2 saturated heterocycles. The Labute approximate surface area is 347 Å². The highest BCUT2D eigenvalue weighted by molar-refractivity contribution is 7.22. The number of urea groups is 2. The number of piperidine rings is 2. The van der Waals surface area contributed by atoms with Crippen LogP contribution < -0.4 is 10.6 Å². The van der Waals surface area contributed by atoms with Gasteiger partial charge in [0.1, 0.15) is 46.9 Å². The minimum absolute atomic E-state index is 0.000537. The summed E-state index contributed by atoms with van der Waals surface area (Å²) in [6.45, 7) is -1.15. The van der Waals surface area contributed by atoms with Gasteiger partial charge in [-0.2, -0.15) is 0 Å². The van der Waals surface area contributed by atoms with Gasteiger partial charge in [-0.3, -0.25) is 15.3 Å². The Morgan fingerprint density at radius 3 is 1.70 bits per heavy atom. The standard InChI is InChI=1S/C20H19F3N4O3S.C19H19ClF3N3O3/c21-12-1-2-14-16(8-12)31-18(25-14)26-19(30)27-5-3-20(23,4-6-27)17-13(22)7-11(9-24-17)15(29)10-28;20-13-2-1-12(8-14(13)21)25-18(29)26-5-3-19(23,4-6-26)17-15(22)7-11(9-24-17)16(28)10-27/h1-2,7-9,15,28-29H,3-6,10H2,(H,25,26,30);1-2,7-9,16,27-28H,3-6,10H2,(H,25,29)/t15-;16-/m11/s1. The van der Waals surface area contributed by atoms with Gasteiger partial charge in [0.25, 0.3) is 0 Å². The molecule has 0 unspecified atom stereocenters. The van der Waals surface area contributed by atoms with Gasteiger partial charge < -0.3 is 35.5 Å². The van der Waals surface area contributed by atoms with E-state index in [-0.39, 0.29) is 79.4 Å². The van der Waals surface area contributed by atoms with Gasteiger partial charge in [-0.15, -0.1) is 0 Å². The highest BCUT2D eigenvalue weighted by atomic mass is 35.5. The number of nitrogens with zero attached hydrogens (tertiary/aromatic N) is 5. The zero-order valence-corrected chi connectivity index (χ0v) is 33.0. The van der Waals surface area contributed by atoms with E-state index in [2.05, 4.69) is 25.6 Å². The molecule has 2 fully saturated rings. The molecule has 60 heavy (non-hydrogen) atoms. The van der Waals surface area contributed by atoms with Crippen LogP contribution in [-0.4, -0.2) is 96.6 Å².